The van der Waals surface area contributed by atoms with E-state index in [2.05, 4.69) is 15.3 Å². The average molecular weight is 406 g/mol. The van der Waals surface area contributed by atoms with Crippen LogP contribution >= 0.6 is 11.6 Å². The second-order valence-electron chi connectivity index (χ2n) is 6.60. The summed E-state index contributed by atoms with van der Waals surface area (Å²) < 4.78 is 22.3. The number of nitrogens with zero attached hydrogens (tertiary/aromatic N) is 3. The van der Waals surface area contributed by atoms with E-state index >= 15 is 0 Å². The number of amides is 1. The van der Waals surface area contributed by atoms with E-state index in [9.17, 15) is 9.18 Å². The van der Waals surface area contributed by atoms with Gasteiger partial charge >= 0.3 is 0 Å². The van der Waals surface area contributed by atoms with Gasteiger partial charge in [-0.05, 0) is 26.8 Å². The minimum atomic E-state index is -0.821. The van der Waals surface area contributed by atoms with Crippen molar-refractivity contribution in [2.24, 2.45) is 0 Å². The topological polar surface area (TPSA) is 94.5 Å². The molecular weight excluding hydrogens is 385 g/mol. The minimum Gasteiger partial charge on any atom is -0.490 e. The maximum absolute atomic E-state index is 14.7. The second-order valence-corrected chi connectivity index (χ2v) is 7.01. The molecular formula is C19H21ClFN5O2. The zero-order valence-electron chi connectivity index (χ0n) is 16.0. The number of nitrogens with two attached hydrogens (primary N) is 1. The van der Waals surface area contributed by atoms with Gasteiger partial charge in [0.05, 0.1) is 16.8 Å². The summed E-state index contributed by atoms with van der Waals surface area (Å²) in [4.78, 5) is 21.0. The van der Waals surface area contributed by atoms with Gasteiger partial charge < -0.3 is 15.8 Å². The molecule has 0 aliphatic rings. The Hall–Kier alpha value is -2.87. The largest absolute Gasteiger partial charge is 0.490 e. The number of carbonyl (C=O) groups is 1. The molecule has 1 aromatic carbocycles. The molecule has 0 radical (unpaired) electrons. The van der Waals surface area contributed by atoms with Crippen molar-refractivity contribution < 1.29 is 13.9 Å². The molecule has 2 heterocycles. The van der Waals surface area contributed by atoms with Crippen LogP contribution in [-0.4, -0.2) is 33.4 Å². The number of halogens is 2. The monoisotopic (exact) mass is 405 g/mol. The normalized spacial score (nSPS) is 11.2. The fourth-order valence-corrected chi connectivity index (χ4v) is 3.33. The molecule has 0 fully saturated rings. The first kappa shape index (κ1) is 19.9. The number of nitrogen functional groups attached to an aromatic ring is 1. The summed E-state index contributed by atoms with van der Waals surface area (Å²) in [6.07, 6.45) is 3.30. The van der Waals surface area contributed by atoms with Crippen molar-refractivity contribution in [2.45, 2.75) is 33.3 Å². The number of aryl methyl sites for hydroxylation is 1. The molecule has 3 N–H and O–H groups in total. The van der Waals surface area contributed by atoms with E-state index in [1.807, 2.05) is 11.3 Å². The van der Waals surface area contributed by atoms with Crippen molar-refractivity contribution in [1.29, 1.82) is 0 Å². The summed E-state index contributed by atoms with van der Waals surface area (Å²) in [5.41, 5.74) is 7.70. The molecule has 0 atom stereocenters. The second kappa shape index (κ2) is 7.63. The van der Waals surface area contributed by atoms with Crippen LogP contribution in [0.3, 0.4) is 0 Å². The third kappa shape index (κ3) is 3.47. The molecule has 9 heteroatoms. The first-order valence-electron chi connectivity index (χ1n) is 8.72. The predicted molar refractivity (Wildman–Crippen MR) is 106 cm³/mol. The van der Waals surface area contributed by atoms with Gasteiger partial charge in [-0.15, -0.1) is 0 Å². The molecule has 3 rings (SSSR count). The van der Waals surface area contributed by atoms with E-state index in [1.54, 1.807) is 26.2 Å². The Morgan fingerprint density at radius 3 is 2.82 bits per heavy atom. The third-order valence-corrected chi connectivity index (χ3v) is 4.51. The molecule has 0 saturated heterocycles. The number of aromatic nitrogens is 3. The molecule has 0 aliphatic carbocycles. The Kier molecular flexibility index (Phi) is 5.42. The summed E-state index contributed by atoms with van der Waals surface area (Å²) in [6, 6.07) is 1.46. The van der Waals surface area contributed by atoms with Crippen LogP contribution in [0.1, 0.15) is 41.3 Å². The maximum atomic E-state index is 14.7. The molecule has 2 aromatic heterocycles. The zero-order chi connectivity index (χ0) is 20.6. The Morgan fingerprint density at radius 2 is 2.18 bits per heavy atom. The van der Waals surface area contributed by atoms with Gasteiger partial charge in [0.2, 0.25) is 0 Å². The summed E-state index contributed by atoms with van der Waals surface area (Å²) in [7, 11) is 1.42. The molecule has 0 aliphatic heterocycles. The van der Waals surface area contributed by atoms with Gasteiger partial charge in [0.1, 0.15) is 28.5 Å². The summed E-state index contributed by atoms with van der Waals surface area (Å²) in [5, 5.41) is 2.27. The number of anilines is 1. The highest BCUT2D eigenvalue weighted by Gasteiger charge is 2.26. The number of carbonyl (C=O) groups excluding carboxylic acids is 1. The number of ether oxygens (including phenoxy) is 1. The first-order valence-corrected chi connectivity index (χ1v) is 9.10. The third-order valence-electron chi connectivity index (χ3n) is 4.24. The highest BCUT2D eigenvalue weighted by molar-refractivity contribution is 6.31. The Labute approximate surface area is 166 Å². The van der Waals surface area contributed by atoms with Crippen LogP contribution in [0.25, 0.3) is 5.52 Å². The number of fused-ring (bicyclic) bond motifs is 1. The van der Waals surface area contributed by atoms with Crippen molar-refractivity contribution >= 4 is 28.8 Å². The minimum absolute atomic E-state index is 0.146. The van der Waals surface area contributed by atoms with Crippen LogP contribution in [-0.2, 0) is 6.42 Å². The number of hydrogen-bond acceptors (Lipinski definition) is 5. The molecule has 3 aromatic rings. The van der Waals surface area contributed by atoms with Crippen LogP contribution in [0.2, 0.25) is 5.02 Å². The number of rotatable bonds is 5. The van der Waals surface area contributed by atoms with Crippen LogP contribution in [0, 0.1) is 12.7 Å². The predicted octanol–water partition coefficient (Wildman–Crippen LogP) is 3.15. The standard InChI is InChI=1S/C19H21ClFN5O2/c1-9(2)28-17-11(7-12(20)15(21)14(17)19(27)23-4)8-13-25-10(3)16-18(22)24-5-6-26(13)16/h5-7,9H,8H2,1-4H3,(H2,22,24)(H,23,27). The number of hydrogen-bond donors (Lipinski definition) is 2. The van der Waals surface area contributed by atoms with E-state index in [4.69, 9.17) is 22.1 Å². The van der Waals surface area contributed by atoms with Crippen LogP contribution in [0.15, 0.2) is 18.5 Å². The van der Waals surface area contributed by atoms with Gasteiger partial charge in [0.15, 0.2) is 5.82 Å². The van der Waals surface area contributed by atoms with Gasteiger partial charge in [0, 0.05) is 31.4 Å². The lowest BCUT2D eigenvalue weighted by Crippen LogP contribution is -2.23. The Balaban J connectivity index is 2.21. The Bertz CT molecular complexity index is 1060. The molecule has 0 bridgehead atoms. The lowest BCUT2D eigenvalue weighted by molar-refractivity contribution is 0.0952. The van der Waals surface area contributed by atoms with Gasteiger partial charge in [-0.1, -0.05) is 11.6 Å². The molecule has 28 heavy (non-hydrogen) atoms. The SMILES string of the molecule is CNC(=O)c1c(F)c(Cl)cc(Cc2nc(C)c3c(N)nccn23)c1OC(C)C. The molecule has 7 nitrogen and oxygen atoms in total. The smallest absolute Gasteiger partial charge is 0.257 e. The van der Waals surface area contributed by atoms with E-state index in [0.29, 0.717) is 28.4 Å². The van der Waals surface area contributed by atoms with Gasteiger partial charge in [-0.25, -0.2) is 14.4 Å². The summed E-state index contributed by atoms with van der Waals surface area (Å²) in [6.45, 7) is 5.42. The van der Waals surface area contributed by atoms with Crippen molar-refractivity contribution in [1.82, 2.24) is 19.7 Å². The zero-order valence-corrected chi connectivity index (χ0v) is 16.8. The van der Waals surface area contributed by atoms with Crippen molar-refractivity contribution in [3.05, 3.63) is 51.9 Å². The molecule has 0 unspecified atom stereocenters. The summed E-state index contributed by atoms with van der Waals surface area (Å²) in [5.74, 6) is -0.290. The lowest BCUT2D eigenvalue weighted by atomic mass is 10.0. The summed E-state index contributed by atoms with van der Waals surface area (Å²) >= 11 is 6.08. The highest BCUT2D eigenvalue weighted by Crippen LogP contribution is 2.34. The fourth-order valence-electron chi connectivity index (χ4n) is 3.10. The average Bonchev–Trinajstić information content (AvgIpc) is 2.95. The Morgan fingerprint density at radius 1 is 1.46 bits per heavy atom. The number of benzene rings is 1. The van der Waals surface area contributed by atoms with Gasteiger partial charge in [0.25, 0.3) is 5.91 Å². The van der Waals surface area contributed by atoms with Crippen LogP contribution in [0.5, 0.6) is 5.75 Å². The molecule has 0 spiro atoms. The van der Waals surface area contributed by atoms with E-state index < -0.39 is 11.7 Å². The van der Waals surface area contributed by atoms with Gasteiger partial charge in [-0.3, -0.25) is 9.20 Å². The molecule has 1 amide bonds. The highest BCUT2D eigenvalue weighted by atomic mass is 35.5. The van der Waals surface area contributed by atoms with Gasteiger partial charge in [-0.2, -0.15) is 0 Å². The van der Waals surface area contributed by atoms with Crippen LogP contribution in [0.4, 0.5) is 10.2 Å². The van der Waals surface area contributed by atoms with Crippen molar-refractivity contribution in [2.75, 3.05) is 12.8 Å². The quantitative estimate of drug-likeness (QED) is 0.680. The first-order chi connectivity index (χ1) is 13.2. The van der Waals surface area contributed by atoms with E-state index in [0.717, 1.165) is 0 Å². The van der Waals surface area contributed by atoms with Crippen molar-refractivity contribution in [3.63, 3.8) is 0 Å². The van der Waals surface area contributed by atoms with E-state index in [-0.39, 0.29) is 28.9 Å². The van der Waals surface area contributed by atoms with Crippen molar-refractivity contribution in [3.8, 4) is 5.75 Å². The fraction of sp³-hybridized carbons (Fsp3) is 0.316. The van der Waals surface area contributed by atoms with E-state index in [1.165, 1.54) is 13.1 Å². The molecule has 0 saturated carbocycles. The number of imidazole rings is 1. The number of nitrogens with one attached hydrogen (secondary N) is 1. The lowest BCUT2D eigenvalue weighted by Gasteiger charge is -2.19. The molecule has 148 valence electrons. The van der Waals surface area contributed by atoms with Crippen LogP contribution < -0.4 is 15.8 Å². The maximum Gasteiger partial charge on any atom is 0.257 e.